The lowest BCUT2D eigenvalue weighted by Crippen LogP contribution is -2.39. The van der Waals surface area contributed by atoms with Gasteiger partial charge in [0, 0.05) is 12.5 Å². The van der Waals surface area contributed by atoms with Gasteiger partial charge in [0.1, 0.15) is 5.75 Å². The maximum absolute atomic E-state index is 12.4. The fourth-order valence-electron chi connectivity index (χ4n) is 2.88. The number of benzene rings is 1. The van der Waals surface area contributed by atoms with Crippen LogP contribution in [0, 0.1) is 11.8 Å². The lowest BCUT2D eigenvalue weighted by molar-refractivity contribution is -0.121. The number of rotatable bonds is 5. The van der Waals surface area contributed by atoms with Gasteiger partial charge < -0.3 is 15.0 Å². The van der Waals surface area contributed by atoms with Crippen LogP contribution in [0.15, 0.2) is 24.3 Å². The SMILES string of the molecule is COc1ccccc1NC(=O)C1CCN(CC(C)C)CC1. The first kappa shape index (κ1) is 15.8. The number of hydrogen-bond donors (Lipinski definition) is 1. The Morgan fingerprint density at radius 2 is 2.00 bits per heavy atom. The normalized spacial score (nSPS) is 17.0. The highest BCUT2D eigenvalue weighted by Crippen LogP contribution is 2.25. The third kappa shape index (κ3) is 4.46. The van der Waals surface area contributed by atoms with Gasteiger partial charge in [-0.2, -0.15) is 0 Å². The second-order valence-electron chi connectivity index (χ2n) is 6.16. The maximum Gasteiger partial charge on any atom is 0.227 e. The summed E-state index contributed by atoms with van der Waals surface area (Å²) in [5.74, 6) is 1.62. The Labute approximate surface area is 127 Å². The molecule has 1 fully saturated rings. The second kappa shape index (κ2) is 7.46. The number of nitrogens with zero attached hydrogens (tertiary/aromatic N) is 1. The fourth-order valence-corrected chi connectivity index (χ4v) is 2.88. The molecule has 21 heavy (non-hydrogen) atoms. The van der Waals surface area contributed by atoms with E-state index in [1.54, 1.807) is 7.11 Å². The smallest absolute Gasteiger partial charge is 0.227 e. The van der Waals surface area contributed by atoms with Crippen LogP contribution in [0.3, 0.4) is 0 Å². The molecular formula is C17H26N2O2. The summed E-state index contributed by atoms with van der Waals surface area (Å²) >= 11 is 0. The van der Waals surface area contributed by atoms with E-state index in [9.17, 15) is 4.79 Å². The molecule has 1 amide bonds. The Kier molecular flexibility index (Phi) is 5.62. The van der Waals surface area contributed by atoms with Gasteiger partial charge in [-0.05, 0) is 44.0 Å². The summed E-state index contributed by atoms with van der Waals surface area (Å²) < 4.78 is 5.27. The van der Waals surface area contributed by atoms with Gasteiger partial charge in [-0.3, -0.25) is 4.79 Å². The van der Waals surface area contributed by atoms with Gasteiger partial charge in [0.2, 0.25) is 5.91 Å². The number of amides is 1. The molecule has 1 N–H and O–H groups in total. The zero-order valence-corrected chi connectivity index (χ0v) is 13.3. The van der Waals surface area contributed by atoms with E-state index in [1.165, 1.54) is 0 Å². The first-order chi connectivity index (χ1) is 10.1. The highest BCUT2D eigenvalue weighted by atomic mass is 16.5. The molecule has 1 aromatic carbocycles. The number of ether oxygens (including phenoxy) is 1. The molecule has 0 radical (unpaired) electrons. The van der Waals surface area contributed by atoms with Crippen LogP contribution in [-0.4, -0.2) is 37.6 Å². The summed E-state index contributed by atoms with van der Waals surface area (Å²) in [7, 11) is 1.62. The molecule has 4 nitrogen and oxygen atoms in total. The number of nitrogens with one attached hydrogen (secondary N) is 1. The maximum atomic E-state index is 12.4. The molecule has 0 spiro atoms. The topological polar surface area (TPSA) is 41.6 Å². The summed E-state index contributed by atoms with van der Waals surface area (Å²) in [5, 5.41) is 3.00. The largest absolute Gasteiger partial charge is 0.495 e. The van der Waals surface area contributed by atoms with E-state index in [0.29, 0.717) is 11.7 Å². The molecule has 1 heterocycles. The van der Waals surface area contributed by atoms with Gasteiger partial charge in [0.15, 0.2) is 0 Å². The van der Waals surface area contributed by atoms with E-state index in [1.807, 2.05) is 24.3 Å². The van der Waals surface area contributed by atoms with Crippen molar-refractivity contribution in [3.63, 3.8) is 0 Å². The lowest BCUT2D eigenvalue weighted by Gasteiger charge is -2.32. The van der Waals surface area contributed by atoms with Crippen molar-refractivity contribution in [2.45, 2.75) is 26.7 Å². The molecule has 0 saturated carbocycles. The Morgan fingerprint density at radius 1 is 1.33 bits per heavy atom. The summed E-state index contributed by atoms with van der Waals surface area (Å²) in [4.78, 5) is 14.8. The predicted molar refractivity (Wildman–Crippen MR) is 85.6 cm³/mol. The van der Waals surface area contributed by atoms with Crippen LogP contribution in [0.4, 0.5) is 5.69 Å². The molecule has 1 aliphatic rings. The van der Waals surface area contributed by atoms with Crippen LogP contribution in [0.5, 0.6) is 5.75 Å². The van der Waals surface area contributed by atoms with Crippen LogP contribution in [0.2, 0.25) is 0 Å². The van der Waals surface area contributed by atoms with Gasteiger partial charge in [-0.25, -0.2) is 0 Å². The van der Waals surface area contributed by atoms with Crippen molar-refractivity contribution in [3.8, 4) is 5.75 Å². The number of hydrogen-bond acceptors (Lipinski definition) is 3. The second-order valence-corrected chi connectivity index (χ2v) is 6.16. The van der Waals surface area contributed by atoms with E-state index in [0.717, 1.165) is 38.2 Å². The number of likely N-dealkylation sites (tertiary alicyclic amines) is 1. The molecule has 1 aromatic rings. The fraction of sp³-hybridized carbons (Fsp3) is 0.588. The molecule has 116 valence electrons. The predicted octanol–water partition coefficient (Wildman–Crippen LogP) is 3.00. The van der Waals surface area contributed by atoms with Crippen LogP contribution < -0.4 is 10.1 Å². The average Bonchev–Trinajstić information content (AvgIpc) is 2.48. The molecule has 0 atom stereocenters. The molecule has 1 saturated heterocycles. The van der Waals surface area contributed by atoms with Gasteiger partial charge in [-0.15, -0.1) is 0 Å². The molecule has 1 aliphatic heterocycles. The Morgan fingerprint density at radius 3 is 2.62 bits per heavy atom. The van der Waals surface area contributed by atoms with Crippen LogP contribution in [0.25, 0.3) is 0 Å². The van der Waals surface area contributed by atoms with Crippen LogP contribution in [0.1, 0.15) is 26.7 Å². The number of para-hydroxylation sites is 2. The summed E-state index contributed by atoms with van der Waals surface area (Å²) in [5.41, 5.74) is 0.759. The first-order valence-corrected chi connectivity index (χ1v) is 7.76. The van der Waals surface area contributed by atoms with Gasteiger partial charge in [0.05, 0.1) is 12.8 Å². The third-order valence-corrected chi connectivity index (χ3v) is 3.95. The molecule has 0 aromatic heterocycles. The van der Waals surface area contributed by atoms with Crippen LogP contribution >= 0.6 is 0 Å². The van der Waals surface area contributed by atoms with E-state index < -0.39 is 0 Å². The minimum atomic E-state index is 0.110. The monoisotopic (exact) mass is 290 g/mol. The first-order valence-electron chi connectivity index (χ1n) is 7.76. The number of methoxy groups -OCH3 is 1. The number of anilines is 1. The molecule has 0 unspecified atom stereocenters. The standard InChI is InChI=1S/C17H26N2O2/c1-13(2)12-19-10-8-14(9-11-19)17(20)18-15-6-4-5-7-16(15)21-3/h4-7,13-14H,8-12H2,1-3H3,(H,18,20). The Bertz CT molecular complexity index is 466. The van der Waals surface area contributed by atoms with E-state index in [2.05, 4.69) is 24.1 Å². The molecule has 2 rings (SSSR count). The van der Waals surface area contributed by atoms with Crippen molar-refractivity contribution in [1.82, 2.24) is 4.90 Å². The van der Waals surface area contributed by atoms with Gasteiger partial charge in [-0.1, -0.05) is 26.0 Å². The van der Waals surface area contributed by atoms with Gasteiger partial charge in [0.25, 0.3) is 0 Å². The minimum absolute atomic E-state index is 0.110. The Balaban J connectivity index is 1.87. The zero-order chi connectivity index (χ0) is 15.2. The number of carbonyl (C=O) groups excluding carboxylic acids is 1. The number of carbonyl (C=O) groups is 1. The van der Waals surface area contributed by atoms with Crippen LogP contribution in [-0.2, 0) is 4.79 Å². The van der Waals surface area contributed by atoms with Gasteiger partial charge >= 0.3 is 0 Å². The Hall–Kier alpha value is -1.55. The minimum Gasteiger partial charge on any atom is -0.495 e. The van der Waals surface area contributed by atoms with E-state index >= 15 is 0 Å². The van der Waals surface area contributed by atoms with Crippen molar-refractivity contribution < 1.29 is 9.53 Å². The third-order valence-electron chi connectivity index (χ3n) is 3.95. The van der Waals surface area contributed by atoms with Crippen molar-refractivity contribution >= 4 is 11.6 Å². The quantitative estimate of drug-likeness (QED) is 0.906. The van der Waals surface area contributed by atoms with Crippen molar-refractivity contribution in [2.24, 2.45) is 11.8 Å². The number of piperidine rings is 1. The molecule has 0 bridgehead atoms. The lowest BCUT2D eigenvalue weighted by atomic mass is 9.95. The van der Waals surface area contributed by atoms with Crippen molar-refractivity contribution in [1.29, 1.82) is 0 Å². The van der Waals surface area contributed by atoms with E-state index in [4.69, 9.17) is 4.74 Å². The summed E-state index contributed by atoms with van der Waals surface area (Å²) in [6, 6.07) is 7.55. The van der Waals surface area contributed by atoms with E-state index in [-0.39, 0.29) is 11.8 Å². The molecule has 4 heteroatoms. The highest BCUT2D eigenvalue weighted by molar-refractivity contribution is 5.94. The van der Waals surface area contributed by atoms with Crippen molar-refractivity contribution in [2.75, 3.05) is 32.1 Å². The summed E-state index contributed by atoms with van der Waals surface area (Å²) in [6.45, 7) is 7.63. The highest BCUT2D eigenvalue weighted by Gasteiger charge is 2.25. The summed E-state index contributed by atoms with van der Waals surface area (Å²) in [6.07, 6.45) is 1.88. The average molecular weight is 290 g/mol. The van der Waals surface area contributed by atoms with Crippen molar-refractivity contribution in [3.05, 3.63) is 24.3 Å². The molecule has 0 aliphatic carbocycles. The molecular weight excluding hydrogens is 264 g/mol. The zero-order valence-electron chi connectivity index (χ0n) is 13.3.